The molecule has 1 N–H and O–H groups in total. The molecule has 7 nitrogen and oxygen atoms in total. The van der Waals surface area contributed by atoms with Crippen molar-refractivity contribution in [3.8, 4) is 0 Å². The van der Waals surface area contributed by atoms with Gasteiger partial charge < -0.3 is 27.9 Å². The van der Waals surface area contributed by atoms with Crippen LogP contribution in [-0.2, 0) is 27.5 Å². The minimum atomic E-state index is -2.33. The van der Waals surface area contributed by atoms with Gasteiger partial charge in [0.2, 0.25) is 0 Å². The molecule has 0 heterocycles. The van der Waals surface area contributed by atoms with E-state index in [1.165, 1.54) is 0 Å². The number of carbonyl (C=O) groups is 1. The number of rotatable bonds is 19. The van der Waals surface area contributed by atoms with Crippen molar-refractivity contribution in [1.82, 2.24) is 0 Å². The Bertz CT molecular complexity index is 1030. The van der Waals surface area contributed by atoms with Crippen molar-refractivity contribution in [2.24, 2.45) is 5.92 Å². The number of aliphatic hydroxyl groups is 1. The van der Waals surface area contributed by atoms with Crippen LogP contribution in [0.1, 0.15) is 116 Å². The van der Waals surface area contributed by atoms with Gasteiger partial charge >= 0.3 is 5.97 Å². The van der Waals surface area contributed by atoms with E-state index < -0.39 is 54.3 Å². The van der Waals surface area contributed by atoms with E-state index in [0.29, 0.717) is 19.4 Å². The minimum absolute atomic E-state index is 0.00314. The maximum atomic E-state index is 13.9. The molecule has 0 aliphatic carbocycles. The number of methoxy groups -OCH3 is 1. The third-order valence-electron chi connectivity index (χ3n) is 11.7. The first kappa shape index (κ1) is 48.4. The normalized spacial score (nSPS) is 19.4. The summed E-state index contributed by atoms with van der Waals surface area (Å²) in [5.41, 5.74) is -1.92. The maximum absolute atomic E-state index is 13.9. The lowest BCUT2D eigenvalue weighted by Gasteiger charge is -2.49. The standard InChI is InChI=1S/C37H77IO7Si3/c1-21-30(36(12,40)24-25-38)43-32(39)28(2)29(44-47(17,18)34(6,7)8)27-31(41-14)37(13,45-48(19,20)35(9,10)11)23-22-26-42-46(15,16)33(3,4)5/h24-25,28-31,40H,21-23,26-27H2,1-20H3/b25-24+/t28-,29+,30-,31-,36+,37-/m1/s1. The van der Waals surface area contributed by atoms with Crippen molar-refractivity contribution >= 4 is 53.5 Å². The number of ether oxygens (including phenoxy) is 2. The molecule has 0 spiro atoms. The van der Waals surface area contributed by atoms with Gasteiger partial charge in [0.1, 0.15) is 11.7 Å². The van der Waals surface area contributed by atoms with Crippen molar-refractivity contribution in [1.29, 1.82) is 0 Å². The fraction of sp³-hybridized carbons (Fsp3) is 0.919. The lowest BCUT2D eigenvalue weighted by Crippen LogP contribution is -2.56. The summed E-state index contributed by atoms with van der Waals surface area (Å²) in [4.78, 5) is 13.9. The molecule has 0 aromatic heterocycles. The lowest BCUT2D eigenvalue weighted by atomic mass is 9.87. The molecule has 11 heteroatoms. The third kappa shape index (κ3) is 13.7. The average Bonchev–Trinajstić information content (AvgIpc) is 2.88. The predicted octanol–water partition coefficient (Wildman–Crippen LogP) is 11.0. The highest BCUT2D eigenvalue weighted by molar-refractivity contribution is 14.1. The first-order valence-electron chi connectivity index (χ1n) is 18.0. The second-order valence-electron chi connectivity index (χ2n) is 18.9. The van der Waals surface area contributed by atoms with Crippen molar-refractivity contribution in [3.63, 3.8) is 0 Å². The van der Waals surface area contributed by atoms with Gasteiger partial charge in [0.05, 0.1) is 23.7 Å². The number of hydrogen-bond acceptors (Lipinski definition) is 7. The van der Waals surface area contributed by atoms with Gasteiger partial charge in [-0.3, -0.25) is 4.79 Å². The Morgan fingerprint density at radius 1 is 0.812 bits per heavy atom. The van der Waals surface area contributed by atoms with Crippen LogP contribution in [-0.4, -0.2) is 79.3 Å². The Hall–Kier alpha value is 0.391. The maximum Gasteiger partial charge on any atom is 0.311 e. The number of carbonyl (C=O) groups excluding carboxylic acids is 1. The summed E-state index contributed by atoms with van der Waals surface area (Å²) in [6.07, 6.45) is 2.70. The van der Waals surface area contributed by atoms with Crippen LogP contribution >= 0.6 is 22.6 Å². The van der Waals surface area contributed by atoms with Gasteiger partial charge in [-0.1, -0.05) is 91.8 Å². The summed E-state index contributed by atoms with van der Waals surface area (Å²) in [5.74, 6) is -0.971. The molecule has 48 heavy (non-hydrogen) atoms. The van der Waals surface area contributed by atoms with Crippen LogP contribution in [0.5, 0.6) is 0 Å². The smallest absolute Gasteiger partial charge is 0.311 e. The van der Waals surface area contributed by atoms with Gasteiger partial charge in [-0.15, -0.1) is 0 Å². The van der Waals surface area contributed by atoms with Gasteiger partial charge in [-0.25, -0.2) is 0 Å². The second-order valence-corrected chi connectivity index (χ2v) is 33.9. The monoisotopic (exact) mass is 844 g/mol. The van der Waals surface area contributed by atoms with E-state index in [1.54, 1.807) is 24.2 Å². The molecule has 6 atom stereocenters. The van der Waals surface area contributed by atoms with E-state index in [0.717, 1.165) is 12.8 Å². The fourth-order valence-corrected chi connectivity index (χ4v) is 9.88. The Morgan fingerprint density at radius 2 is 1.29 bits per heavy atom. The molecule has 0 unspecified atom stereocenters. The molecule has 0 radical (unpaired) electrons. The summed E-state index contributed by atoms with van der Waals surface area (Å²) >= 11 is 2.07. The van der Waals surface area contributed by atoms with E-state index in [9.17, 15) is 9.90 Å². The fourth-order valence-electron chi connectivity index (χ4n) is 4.95. The topological polar surface area (TPSA) is 83.5 Å². The zero-order chi connectivity index (χ0) is 38.4. The van der Waals surface area contributed by atoms with Gasteiger partial charge in [0.15, 0.2) is 25.0 Å². The number of halogens is 1. The minimum Gasteiger partial charge on any atom is -0.459 e. The van der Waals surface area contributed by atoms with E-state index in [-0.39, 0.29) is 27.2 Å². The molecule has 286 valence electrons. The van der Waals surface area contributed by atoms with E-state index in [1.807, 2.05) is 13.8 Å². The van der Waals surface area contributed by atoms with Crippen LogP contribution in [0.25, 0.3) is 0 Å². The van der Waals surface area contributed by atoms with E-state index in [2.05, 4.69) is 131 Å². The lowest BCUT2D eigenvalue weighted by molar-refractivity contribution is -0.169. The molecule has 0 aromatic rings. The zero-order valence-electron chi connectivity index (χ0n) is 34.8. The molecule has 0 aliphatic heterocycles. The van der Waals surface area contributed by atoms with Crippen LogP contribution < -0.4 is 0 Å². The zero-order valence-corrected chi connectivity index (χ0v) is 39.9. The van der Waals surface area contributed by atoms with Crippen LogP contribution in [0.4, 0.5) is 0 Å². The summed E-state index contributed by atoms with van der Waals surface area (Å²) in [6.45, 7) is 42.1. The van der Waals surface area contributed by atoms with Crippen molar-refractivity contribution in [3.05, 3.63) is 10.2 Å². The molecule has 0 amide bonds. The summed E-state index contributed by atoms with van der Waals surface area (Å²) in [7, 11) is -4.73. The van der Waals surface area contributed by atoms with Gasteiger partial charge in [-0.2, -0.15) is 0 Å². The van der Waals surface area contributed by atoms with Crippen LogP contribution in [0.3, 0.4) is 0 Å². The Balaban J connectivity index is 6.78. The highest BCUT2D eigenvalue weighted by Gasteiger charge is 2.49. The molecule has 0 bridgehead atoms. The second kappa shape index (κ2) is 17.9. The molecule has 0 rings (SSSR count). The summed E-state index contributed by atoms with van der Waals surface area (Å²) < 4.78 is 35.1. The van der Waals surface area contributed by atoms with Crippen molar-refractivity contribution < 1.29 is 32.7 Å². The van der Waals surface area contributed by atoms with Gasteiger partial charge in [-0.05, 0) is 105 Å². The molecular weight excluding hydrogens is 768 g/mol. The summed E-state index contributed by atoms with van der Waals surface area (Å²) in [6, 6.07) is 0. The highest BCUT2D eigenvalue weighted by Crippen LogP contribution is 2.44. The number of hydrogen-bond donors (Lipinski definition) is 1. The van der Waals surface area contributed by atoms with Crippen molar-refractivity contribution in [2.75, 3.05) is 13.7 Å². The highest BCUT2D eigenvalue weighted by atomic mass is 127. The van der Waals surface area contributed by atoms with Crippen molar-refractivity contribution in [2.45, 2.75) is 200 Å². The average molecular weight is 845 g/mol. The SMILES string of the molecule is CC[C@@H](OC(=O)[C@H](C)[C@H](C[C@@H](OC)[C@@](C)(CCCO[Si](C)(C)C(C)(C)C)O[Si](C)(C)C(C)(C)C)O[Si](C)(C)C(C)(C)C)[C@@](C)(O)/C=C/I. The molecule has 0 aliphatic rings. The quantitative estimate of drug-likeness (QED) is 0.0600. The van der Waals surface area contributed by atoms with Gasteiger partial charge in [0, 0.05) is 20.1 Å². The molecular formula is C37H77IO7Si3. The molecule has 0 saturated heterocycles. The van der Waals surface area contributed by atoms with Crippen LogP contribution in [0, 0.1) is 5.92 Å². The van der Waals surface area contributed by atoms with Crippen LogP contribution in [0.15, 0.2) is 10.2 Å². The Kier molecular flexibility index (Phi) is 18.1. The predicted molar refractivity (Wildman–Crippen MR) is 220 cm³/mol. The molecule has 0 saturated carbocycles. The third-order valence-corrected chi connectivity index (χ3v) is 25.6. The Labute approximate surface area is 313 Å². The largest absolute Gasteiger partial charge is 0.459 e. The van der Waals surface area contributed by atoms with Crippen LogP contribution in [0.2, 0.25) is 54.4 Å². The van der Waals surface area contributed by atoms with Gasteiger partial charge in [0.25, 0.3) is 0 Å². The first-order chi connectivity index (χ1) is 21.2. The number of esters is 1. The summed E-state index contributed by atoms with van der Waals surface area (Å²) in [5, 5.41) is 11.1. The van der Waals surface area contributed by atoms with E-state index in [4.69, 9.17) is 22.8 Å². The first-order valence-corrected chi connectivity index (χ1v) is 28.0. The Morgan fingerprint density at radius 3 is 1.69 bits per heavy atom. The molecule has 0 aromatic carbocycles. The van der Waals surface area contributed by atoms with E-state index >= 15 is 0 Å². The molecule has 0 fully saturated rings.